The van der Waals surface area contributed by atoms with Crippen molar-refractivity contribution in [2.45, 2.75) is 18.8 Å². The molecule has 1 aliphatic heterocycles. The van der Waals surface area contributed by atoms with E-state index >= 15 is 0 Å². The van der Waals surface area contributed by atoms with Crippen molar-refractivity contribution in [2.75, 3.05) is 29.5 Å². The molecule has 1 heterocycles. The number of fused-ring (bicyclic) bond motifs is 1. The molecule has 2 rings (SSSR count). The Balaban J connectivity index is 2.18. The maximum absolute atomic E-state index is 12.9. The van der Waals surface area contributed by atoms with Crippen molar-refractivity contribution in [1.29, 1.82) is 0 Å². The Labute approximate surface area is 108 Å². The Kier molecular flexibility index (Phi) is 3.57. The number of carbonyl (C=O) groups excluding carboxylic acids is 1. The van der Waals surface area contributed by atoms with Crippen LogP contribution in [0.4, 0.5) is 25.8 Å². The van der Waals surface area contributed by atoms with Crippen molar-refractivity contribution in [2.24, 2.45) is 0 Å². The third-order valence-corrected chi connectivity index (χ3v) is 2.94. The van der Waals surface area contributed by atoms with E-state index < -0.39 is 19.1 Å². The molecule has 0 bridgehead atoms. The summed E-state index contributed by atoms with van der Waals surface area (Å²) in [6.07, 6.45) is 0.972. The first-order valence-electron chi connectivity index (χ1n) is 5.86. The van der Waals surface area contributed by atoms with Crippen LogP contribution in [-0.2, 0) is 11.2 Å². The zero-order valence-corrected chi connectivity index (χ0v) is 10.2. The van der Waals surface area contributed by atoms with Crippen LogP contribution in [0, 0.1) is 0 Å². The summed E-state index contributed by atoms with van der Waals surface area (Å²) in [5.41, 5.74) is 7.89. The smallest absolute Gasteiger partial charge is 0.287 e. The van der Waals surface area contributed by atoms with E-state index in [1.807, 2.05) is 0 Å². The number of hydrogen-bond acceptors (Lipinski definition) is 4. The lowest BCUT2D eigenvalue weighted by Crippen LogP contribution is -2.31. The molecule has 5 nitrogen and oxygen atoms in total. The third kappa shape index (κ3) is 3.11. The molecule has 0 saturated heterocycles. The van der Waals surface area contributed by atoms with E-state index in [0.717, 1.165) is 5.56 Å². The molecule has 0 aliphatic carbocycles. The Morgan fingerprint density at radius 2 is 2.16 bits per heavy atom. The molecule has 0 fully saturated rings. The summed E-state index contributed by atoms with van der Waals surface area (Å²) >= 11 is 0. The first-order chi connectivity index (χ1) is 8.91. The Bertz CT molecular complexity index is 506. The van der Waals surface area contributed by atoms with Crippen LogP contribution in [-0.4, -0.2) is 30.1 Å². The number of rotatable bonds is 4. The lowest BCUT2D eigenvalue weighted by Gasteiger charge is -2.21. The number of anilines is 3. The van der Waals surface area contributed by atoms with Gasteiger partial charge in [0.15, 0.2) is 0 Å². The fourth-order valence-electron chi connectivity index (χ4n) is 1.88. The van der Waals surface area contributed by atoms with E-state index in [1.165, 1.54) is 6.07 Å². The number of amides is 1. The summed E-state index contributed by atoms with van der Waals surface area (Å²) in [7, 11) is 0. The number of carbonyl (C=O) groups is 1. The number of alkyl halides is 2. The van der Waals surface area contributed by atoms with Gasteiger partial charge in [0.25, 0.3) is 5.92 Å². The van der Waals surface area contributed by atoms with Gasteiger partial charge in [0.05, 0.1) is 17.9 Å². The highest BCUT2D eigenvalue weighted by Crippen LogP contribution is 2.31. The maximum Gasteiger partial charge on any atom is 0.287 e. The number of hydrogen-bond donors (Lipinski definition) is 4. The molecule has 0 saturated carbocycles. The van der Waals surface area contributed by atoms with Gasteiger partial charge in [-0.25, -0.2) is 8.78 Å². The number of halogens is 2. The normalized spacial score (nSPS) is 14.8. The van der Waals surface area contributed by atoms with Gasteiger partial charge in [-0.3, -0.25) is 4.79 Å². The van der Waals surface area contributed by atoms with Gasteiger partial charge in [-0.2, -0.15) is 0 Å². The highest BCUT2D eigenvalue weighted by molar-refractivity contribution is 5.95. The van der Waals surface area contributed by atoms with Crippen LogP contribution in [0.1, 0.15) is 12.0 Å². The molecule has 5 N–H and O–H groups in total. The molecule has 0 radical (unpaired) electrons. The number of nitrogen functional groups attached to an aromatic ring is 1. The van der Waals surface area contributed by atoms with Gasteiger partial charge in [-0.15, -0.1) is 0 Å². The zero-order chi connectivity index (χ0) is 14.0. The standard InChI is InChI=1S/C12H15F2N3O2/c13-12(14,6-18)5-16-10-4-9-7(3-8(10)15)1-2-11(19)17-9/h3-4,16,18H,1-2,5-6,15H2,(H,17,19). The van der Waals surface area contributed by atoms with Gasteiger partial charge in [-0.1, -0.05) is 0 Å². The summed E-state index contributed by atoms with van der Waals surface area (Å²) in [6, 6.07) is 3.20. The number of nitrogens with one attached hydrogen (secondary N) is 2. The zero-order valence-electron chi connectivity index (χ0n) is 10.2. The fourth-order valence-corrected chi connectivity index (χ4v) is 1.88. The SMILES string of the molecule is Nc1cc2c(cc1NCC(F)(F)CO)NC(=O)CC2. The van der Waals surface area contributed by atoms with E-state index in [9.17, 15) is 13.6 Å². The highest BCUT2D eigenvalue weighted by Gasteiger charge is 2.27. The number of aliphatic hydroxyl groups excluding tert-OH is 1. The molecule has 104 valence electrons. The number of nitrogens with two attached hydrogens (primary N) is 1. The first-order valence-corrected chi connectivity index (χ1v) is 5.86. The summed E-state index contributed by atoms with van der Waals surface area (Å²) in [5, 5.41) is 13.6. The van der Waals surface area contributed by atoms with E-state index in [-0.39, 0.29) is 5.91 Å². The Morgan fingerprint density at radius 1 is 1.42 bits per heavy atom. The number of aliphatic hydroxyl groups is 1. The molecule has 0 atom stereocenters. The predicted molar refractivity (Wildman–Crippen MR) is 68.3 cm³/mol. The maximum atomic E-state index is 12.9. The van der Waals surface area contributed by atoms with Crippen molar-refractivity contribution >= 4 is 23.0 Å². The van der Waals surface area contributed by atoms with Gasteiger partial charge in [0.1, 0.15) is 6.61 Å². The second kappa shape index (κ2) is 5.00. The monoisotopic (exact) mass is 271 g/mol. The molecule has 1 aromatic rings. The quantitative estimate of drug-likeness (QED) is 0.620. The molecular formula is C12H15F2N3O2. The van der Waals surface area contributed by atoms with Crippen molar-refractivity contribution < 1.29 is 18.7 Å². The predicted octanol–water partition coefficient (Wildman–Crippen LogP) is 1.19. The van der Waals surface area contributed by atoms with Crippen LogP contribution >= 0.6 is 0 Å². The Hall–Kier alpha value is -1.89. The summed E-state index contributed by atoms with van der Waals surface area (Å²) in [4.78, 5) is 11.3. The molecule has 1 aromatic carbocycles. The van der Waals surface area contributed by atoms with Crippen molar-refractivity contribution in [3.63, 3.8) is 0 Å². The topological polar surface area (TPSA) is 87.4 Å². The summed E-state index contributed by atoms with van der Waals surface area (Å²) in [6.45, 7) is -1.96. The van der Waals surface area contributed by atoms with Crippen LogP contribution in [0.3, 0.4) is 0 Å². The highest BCUT2D eigenvalue weighted by atomic mass is 19.3. The number of aryl methyl sites for hydroxylation is 1. The van der Waals surface area contributed by atoms with Crippen molar-refractivity contribution in [1.82, 2.24) is 0 Å². The average molecular weight is 271 g/mol. The van der Waals surface area contributed by atoms with E-state index in [0.29, 0.717) is 29.9 Å². The van der Waals surface area contributed by atoms with Gasteiger partial charge < -0.3 is 21.5 Å². The van der Waals surface area contributed by atoms with Crippen LogP contribution in [0.2, 0.25) is 0 Å². The molecule has 0 aromatic heterocycles. The van der Waals surface area contributed by atoms with E-state index in [1.54, 1.807) is 6.07 Å². The molecule has 7 heteroatoms. The first kappa shape index (κ1) is 13.5. The molecule has 1 aliphatic rings. The molecule has 19 heavy (non-hydrogen) atoms. The van der Waals surface area contributed by atoms with Gasteiger partial charge in [0.2, 0.25) is 5.91 Å². The third-order valence-electron chi connectivity index (χ3n) is 2.94. The van der Waals surface area contributed by atoms with Crippen LogP contribution < -0.4 is 16.4 Å². The van der Waals surface area contributed by atoms with E-state index in [4.69, 9.17) is 10.8 Å². The molecular weight excluding hydrogens is 256 g/mol. The Morgan fingerprint density at radius 3 is 2.84 bits per heavy atom. The van der Waals surface area contributed by atoms with E-state index in [2.05, 4.69) is 10.6 Å². The fraction of sp³-hybridized carbons (Fsp3) is 0.417. The molecule has 0 unspecified atom stereocenters. The molecule has 0 spiro atoms. The minimum Gasteiger partial charge on any atom is -0.397 e. The minimum absolute atomic E-state index is 0.107. The average Bonchev–Trinajstić information content (AvgIpc) is 2.37. The summed E-state index contributed by atoms with van der Waals surface area (Å²) < 4.78 is 25.9. The minimum atomic E-state index is -3.22. The second-order valence-electron chi connectivity index (χ2n) is 4.51. The van der Waals surface area contributed by atoms with Crippen LogP contribution in [0.25, 0.3) is 0 Å². The van der Waals surface area contributed by atoms with Crippen molar-refractivity contribution in [3.05, 3.63) is 17.7 Å². The lowest BCUT2D eigenvalue weighted by molar-refractivity contribution is -0.116. The lowest BCUT2D eigenvalue weighted by atomic mass is 10.0. The second-order valence-corrected chi connectivity index (χ2v) is 4.51. The van der Waals surface area contributed by atoms with Crippen molar-refractivity contribution in [3.8, 4) is 0 Å². The largest absolute Gasteiger partial charge is 0.397 e. The summed E-state index contributed by atoms with van der Waals surface area (Å²) in [5.74, 6) is -3.32. The molecule has 1 amide bonds. The van der Waals surface area contributed by atoms with Gasteiger partial charge in [-0.05, 0) is 24.1 Å². The van der Waals surface area contributed by atoms with Crippen LogP contribution in [0.15, 0.2) is 12.1 Å². The number of benzene rings is 1. The van der Waals surface area contributed by atoms with Gasteiger partial charge in [0, 0.05) is 12.1 Å². The van der Waals surface area contributed by atoms with Crippen LogP contribution in [0.5, 0.6) is 0 Å². The van der Waals surface area contributed by atoms with Gasteiger partial charge >= 0.3 is 0 Å².